The molecule has 2 N–H and O–H groups in total. The molecule has 0 aliphatic carbocycles. The Morgan fingerprint density at radius 2 is 2.46 bits per heavy atom. The van der Waals surface area contributed by atoms with Crippen molar-refractivity contribution in [2.75, 3.05) is 26.2 Å². The Kier molecular flexibility index (Phi) is 4.18. The summed E-state index contributed by atoms with van der Waals surface area (Å²) in [7, 11) is 0. The van der Waals surface area contributed by atoms with E-state index >= 15 is 0 Å². The number of carbonyl (C=O) groups is 1. The van der Waals surface area contributed by atoms with Crippen LogP contribution in [-0.2, 0) is 4.79 Å². The average Bonchev–Trinajstić information content (AvgIpc) is 2.28. The highest BCUT2D eigenvalue weighted by atomic mass is 16.4. The number of hydrogen-bond acceptors (Lipinski definition) is 3. The SMILES string of the molecule is CCN1CCCNC(CC(=O)O)C1. The lowest BCUT2D eigenvalue weighted by Gasteiger charge is -2.21. The first-order chi connectivity index (χ1) is 6.22. The monoisotopic (exact) mass is 186 g/mol. The number of aliphatic carboxylic acids is 1. The number of rotatable bonds is 3. The molecule has 4 nitrogen and oxygen atoms in total. The van der Waals surface area contributed by atoms with Crippen LogP contribution in [0.5, 0.6) is 0 Å². The van der Waals surface area contributed by atoms with Crippen LogP contribution in [0.1, 0.15) is 19.8 Å². The number of carboxylic acid groups (broad SMARTS) is 1. The molecule has 1 rings (SSSR count). The van der Waals surface area contributed by atoms with Crippen LogP contribution in [-0.4, -0.2) is 48.2 Å². The quantitative estimate of drug-likeness (QED) is 0.658. The summed E-state index contributed by atoms with van der Waals surface area (Å²) in [6.07, 6.45) is 1.35. The van der Waals surface area contributed by atoms with Gasteiger partial charge in [0.05, 0.1) is 6.42 Å². The third-order valence-electron chi connectivity index (χ3n) is 2.43. The molecule has 0 bridgehead atoms. The van der Waals surface area contributed by atoms with Crippen molar-refractivity contribution in [2.45, 2.75) is 25.8 Å². The van der Waals surface area contributed by atoms with E-state index in [0.717, 1.165) is 32.6 Å². The van der Waals surface area contributed by atoms with Crippen molar-refractivity contribution >= 4 is 5.97 Å². The summed E-state index contributed by atoms with van der Waals surface area (Å²) in [5.74, 6) is -0.713. The van der Waals surface area contributed by atoms with E-state index in [1.165, 1.54) is 0 Å². The third kappa shape index (κ3) is 3.74. The van der Waals surface area contributed by atoms with Gasteiger partial charge in [0.15, 0.2) is 0 Å². The van der Waals surface area contributed by atoms with Gasteiger partial charge in [-0.05, 0) is 26.1 Å². The highest BCUT2D eigenvalue weighted by molar-refractivity contribution is 5.67. The van der Waals surface area contributed by atoms with Gasteiger partial charge in [0.25, 0.3) is 0 Å². The zero-order valence-electron chi connectivity index (χ0n) is 8.12. The van der Waals surface area contributed by atoms with Gasteiger partial charge in [0.1, 0.15) is 0 Å². The molecule has 0 aromatic rings. The van der Waals surface area contributed by atoms with Crippen LogP contribution in [0.15, 0.2) is 0 Å². The summed E-state index contributed by atoms with van der Waals surface area (Å²) in [6, 6.07) is 0.125. The molecule has 0 amide bonds. The third-order valence-corrected chi connectivity index (χ3v) is 2.43. The van der Waals surface area contributed by atoms with Gasteiger partial charge in [-0.15, -0.1) is 0 Å². The summed E-state index contributed by atoms with van der Waals surface area (Å²) >= 11 is 0. The molecule has 13 heavy (non-hydrogen) atoms. The van der Waals surface area contributed by atoms with Gasteiger partial charge in [-0.1, -0.05) is 6.92 Å². The van der Waals surface area contributed by atoms with Crippen LogP contribution in [0.25, 0.3) is 0 Å². The first-order valence-electron chi connectivity index (χ1n) is 4.90. The maximum atomic E-state index is 10.5. The van der Waals surface area contributed by atoms with Crippen LogP contribution in [0.2, 0.25) is 0 Å². The van der Waals surface area contributed by atoms with Gasteiger partial charge < -0.3 is 15.3 Å². The second-order valence-electron chi connectivity index (χ2n) is 3.50. The minimum atomic E-state index is -0.713. The molecule has 0 aromatic carbocycles. The van der Waals surface area contributed by atoms with Crippen LogP contribution in [0.3, 0.4) is 0 Å². The summed E-state index contributed by atoms with van der Waals surface area (Å²) in [5.41, 5.74) is 0. The standard InChI is InChI=1S/C9H18N2O2/c1-2-11-5-3-4-10-8(7-11)6-9(12)13/h8,10H,2-7H2,1H3,(H,12,13). The molecule has 4 heteroatoms. The average molecular weight is 186 g/mol. The van der Waals surface area contributed by atoms with Gasteiger partial charge in [0, 0.05) is 12.6 Å². The highest BCUT2D eigenvalue weighted by Crippen LogP contribution is 2.03. The molecular formula is C9H18N2O2. The topological polar surface area (TPSA) is 52.6 Å². The van der Waals surface area contributed by atoms with E-state index in [9.17, 15) is 4.79 Å². The van der Waals surface area contributed by atoms with E-state index < -0.39 is 5.97 Å². The van der Waals surface area contributed by atoms with Gasteiger partial charge in [-0.3, -0.25) is 4.79 Å². The molecular weight excluding hydrogens is 168 g/mol. The Morgan fingerprint density at radius 1 is 1.69 bits per heavy atom. The van der Waals surface area contributed by atoms with Crippen molar-refractivity contribution in [3.05, 3.63) is 0 Å². The predicted molar refractivity (Wildman–Crippen MR) is 50.8 cm³/mol. The van der Waals surface area contributed by atoms with E-state index in [0.29, 0.717) is 0 Å². The lowest BCUT2D eigenvalue weighted by molar-refractivity contribution is -0.137. The van der Waals surface area contributed by atoms with E-state index in [1.54, 1.807) is 0 Å². The molecule has 1 aliphatic rings. The molecule has 0 saturated carbocycles. The van der Waals surface area contributed by atoms with Gasteiger partial charge >= 0.3 is 5.97 Å². The molecule has 1 unspecified atom stereocenters. The van der Waals surface area contributed by atoms with Crippen LogP contribution in [0.4, 0.5) is 0 Å². The smallest absolute Gasteiger partial charge is 0.304 e. The van der Waals surface area contributed by atoms with Crippen molar-refractivity contribution in [1.82, 2.24) is 10.2 Å². The first kappa shape index (κ1) is 10.5. The fourth-order valence-corrected chi connectivity index (χ4v) is 1.71. The maximum Gasteiger partial charge on any atom is 0.304 e. The molecule has 1 saturated heterocycles. The van der Waals surface area contributed by atoms with Gasteiger partial charge in [0.2, 0.25) is 0 Å². The molecule has 0 aromatic heterocycles. The maximum absolute atomic E-state index is 10.5. The predicted octanol–water partition coefficient (Wildman–Crippen LogP) is 0.145. The van der Waals surface area contributed by atoms with E-state index in [-0.39, 0.29) is 12.5 Å². The summed E-state index contributed by atoms with van der Waals surface area (Å²) in [5, 5.41) is 11.9. The number of nitrogens with one attached hydrogen (secondary N) is 1. The van der Waals surface area contributed by atoms with Crippen molar-refractivity contribution in [3.8, 4) is 0 Å². The van der Waals surface area contributed by atoms with E-state index in [4.69, 9.17) is 5.11 Å². The number of likely N-dealkylation sites (N-methyl/N-ethyl adjacent to an activating group) is 1. The molecule has 1 fully saturated rings. The van der Waals surface area contributed by atoms with E-state index in [1.807, 2.05) is 0 Å². The zero-order valence-corrected chi connectivity index (χ0v) is 8.12. The van der Waals surface area contributed by atoms with Gasteiger partial charge in [-0.25, -0.2) is 0 Å². The molecule has 0 radical (unpaired) electrons. The molecule has 1 aliphatic heterocycles. The molecule has 76 valence electrons. The minimum absolute atomic E-state index is 0.125. The Morgan fingerprint density at radius 3 is 3.08 bits per heavy atom. The van der Waals surface area contributed by atoms with Crippen molar-refractivity contribution in [2.24, 2.45) is 0 Å². The summed E-state index contributed by atoms with van der Waals surface area (Å²) in [4.78, 5) is 12.8. The first-order valence-corrected chi connectivity index (χ1v) is 4.90. The zero-order chi connectivity index (χ0) is 9.68. The molecule has 1 atom stereocenters. The Bertz CT molecular complexity index is 173. The summed E-state index contributed by atoms with van der Waals surface area (Å²) < 4.78 is 0. The normalized spacial score (nSPS) is 25.5. The van der Waals surface area contributed by atoms with Crippen molar-refractivity contribution < 1.29 is 9.90 Å². The number of carboxylic acids is 1. The molecule has 0 spiro atoms. The second-order valence-corrected chi connectivity index (χ2v) is 3.50. The Labute approximate surface area is 78.9 Å². The number of nitrogens with zero attached hydrogens (tertiary/aromatic N) is 1. The van der Waals surface area contributed by atoms with Crippen molar-refractivity contribution in [1.29, 1.82) is 0 Å². The minimum Gasteiger partial charge on any atom is -0.481 e. The van der Waals surface area contributed by atoms with E-state index in [2.05, 4.69) is 17.1 Å². The van der Waals surface area contributed by atoms with Crippen LogP contribution in [0, 0.1) is 0 Å². The lowest BCUT2D eigenvalue weighted by atomic mass is 10.2. The highest BCUT2D eigenvalue weighted by Gasteiger charge is 2.18. The largest absolute Gasteiger partial charge is 0.481 e. The number of hydrogen-bond donors (Lipinski definition) is 2. The van der Waals surface area contributed by atoms with Gasteiger partial charge in [-0.2, -0.15) is 0 Å². The Hall–Kier alpha value is -0.610. The fourth-order valence-electron chi connectivity index (χ4n) is 1.71. The second kappa shape index (κ2) is 5.19. The molecule has 1 heterocycles. The fraction of sp³-hybridized carbons (Fsp3) is 0.889. The van der Waals surface area contributed by atoms with Crippen LogP contribution < -0.4 is 5.32 Å². The van der Waals surface area contributed by atoms with Crippen molar-refractivity contribution in [3.63, 3.8) is 0 Å². The summed E-state index contributed by atoms with van der Waals surface area (Å²) in [6.45, 7) is 6.01. The Balaban J connectivity index is 2.39. The van der Waals surface area contributed by atoms with Crippen LogP contribution >= 0.6 is 0 Å². The lowest BCUT2D eigenvalue weighted by Crippen LogP contribution is -2.39.